The topological polar surface area (TPSA) is 50.4 Å². The van der Waals surface area contributed by atoms with Crippen LogP contribution in [-0.4, -0.2) is 38.5 Å². The van der Waals surface area contributed by atoms with Gasteiger partial charge in [0.05, 0.1) is 0 Å². The number of unbranched alkanes of at least 4 members (excludes halogenated alkanes) is 1. The van der Waals surface area contributed by atoms with Crippen LogP contribution in [0.25, 0.3) is 0 Å². The molecule has 5 heteroatoms. The van der Waals surface area contributed by atoms with Gasteiger partial charge in [0, 0.05) is 37.0 Å². The number of carbonyl (C=O) groups excluding carboxylic acids is 1. The highest BCUT2D eigenvalue weighted by Crippen LogP contribution is 2.32. The van der Waals surface area contributed by atoms with Gasteiger partial charge in [0.15, 0.2) is 0 Å². The Labute approximate surface area is 210 Å². The van der Waals surface area contributed by atoms with Crippen molar-refractivity contribution in [2.45, 2.75) is 69.0 Å². The molecule has 0 heterocycles. The van der Waals surface area contributed by atoms with Crippen LogP contribution in [0.1, 0.15) is 85.2 Å². The molecule has 2 aromatic carbocycles. The van der Waals surface area contributed by atoms with Crippen molar-refractivity contribution in [3.05, 3.63) is 71.3 Å². The van der Waals surface area contributed by atoms with E-state index in [-0.39, 0.29) is 11.8 Å². The third-order valence-corrected chi connectivity index (χ3v) is 7.91. The summed E-state index contributed by atoms with van der Waals surface area (Å²) in [5, 5.41) is 3.71. The Kier molecular flexibility index (Phi) is 12.0. The number of methoxy groups -OCH3 is 1. The fraction of sp³-hybridized carbons (Fsp3) is 0.552. The molecule has 3 rings (SSSR count). The molecule has 1 unspecified atom stereocenters. The van der Waals surface area contributed by atoms with Crippen LogP contribution in [0.3, 0.4) is 0 Å². The van der Waals surface area contributed by atoms with Crippen LogP contribution in [0.15, 0.2) is 54.6 Å². The number of nitrogens with one attached hydrogen (secondary N) is 2. The summed E-state index contributed by atoms with van der Waals surface area (Å²) in [6.07, 6.45) is 11.1. The van der Waals surface area contributed by atoms with Crippen LogP contribution in [-0.2, 0) is 4.74 Å². The van der Waals surface area contributed by atoms with Gasteiger partial charge in [0.1, 0.15) is 0 Å². The summed E-state index contributed by atoms with van der Waals surface area (Å²) < 4.78 is 8.40. The molecule has 0 radical (unpaired) electrons. The maximum Gasteiger partial charge on any atom is 0.261 e. The molecule has 2 N–H and O–H groups in total. The highest BCUT2D eigenvalue weighted by molar-refractivity contribution is 7.98. The van der Waals surface area contributed by atoms with Crippen molar-refractivity contribution in [3.63, 3.8) is 0 Å². The lowest BCUT2D eigenvalue weighted by molar-refractivity contribution is 0.0984. The Morgan fingerprint density at radius 2 is 1.79 bits per heavy atom. The van der Waals surface area contributed by atoms with Gasteiger partial charge in [0.25, 0.3) is 5.91 Å². The van der Waals surface area contributed by atoms with Crippen molar-refractivity contribution < 1.29 is 9.53 Å². The van der Waals surface area contributed by atoms with E-state index in [1.54, 1.807) is 19.1 Å². The maximum absolute atomic E-state index is 13.1. The molecule has 0 aromatic heterocycles. The minimum Gasteiger partial charge on any atom is -0.385 e. The second kappa shape index (κ2) is 15.2. The van der Waals surface area contributed by atoms with Gasteiger partial charge in [0.2, 0.25) is 0 Å². The van der Waals surface area contributed by atoms with Gasteiger partial charge in [-0.05, 0) is 67.4 Å². The second-order valence-corrected chi connectivity index (χ2v) is 10.7. The Morgan fingerprint density at radius 3 is 2.53 bits per heavy atom. The summed E-state index contributed by atoms with van der Waals surface area (Å²) in [6, 6.07) is 18.8. The number of hydrogen-bond acceptors (Lipinski definition) is 4. The van der Waals surface area contributed by atoms with E-state index >= 15 is 0 Å². The van der Waals surface area contributed by atoms with E-state index in [1.807, 2.05) is 19.2 Å². The lowest BCUT2D eigenvalue weighted by Gasteiger charge is -2.26. The van der Waals surface area contributed by atoms with Crippen molar-refractivity contribution >= 4 is 17.9 Å². The highest BCUT2D eigenvalue weighted by atomic mass is 32.2. The summed E-state index contributed by atoms with van der Waals surface area (Å²) in [5.41, 5.74) is 3.24. The predicted octanol–water partition coefficient (Wildman–Crippen LogP) is 6.57. The van der Waals surface area contributed by atoms with Gasteiger partial charge >= 0.3 is 0 Å². The first-order valence-corrected chi connectivity index (χ1v) is 13.8. The number of carbonyl (C=O) groups is 1. The number of benzene rings is 2. The minimum absolute atomic E-state index is 0.00259. The average molecular weight is 483 g/mol. The van der Waals surface area contributed by atoms with Crippen LogP contribution in [0.5, 0.6) is 0 Å². The normalized spacial score (nSPS) is 16.2. The number of rotatable bonds is 14. The fourth-order valence-electron chi connectivity index (χ4n) is 5.09. The molecular formula is C29H42N2O2S. The molecule has 34 heavy (non-hydrogen) atoms. The van der Waals surface area contributed by atoms with E-state index in [4.69, 9.17) is 4.74 Å². The summed E-state index contributed by atoms with van der Waals surface area (Å²) >= 11 is 1.60. The first-order chi connectivity index (χ1) is 16.7. The highest BCUT2D eigenvalue weighted by Gasteiger charge is 2.21. The van der Waals surface area contributed by atoms with E-state index in [1.165, 1.54) is 49.7 Å². The number of ether oxygens (including phenoxy) is 1. The molecule has 4 nitrogen and oxygen atoms in total. The van der Waals surface area contributed by atoms with Gasteiger partial charge in [-0.25, -0.2) is 0 Å². The molecule has 0 bridgehead atoms. The zero-order valence-electron chi connectivity index (χ0n) is 20.9. The molecule has 186 valence electrons. The zero-order chi connectivity index (χ0) is 24.0. The Morgan fingerprint density at radius 1 is 1.03 bits per heavy atom. The molecule has 1 aliphatic carbocycles. The van der Waals surface area contributed by atoms with E-state index in [0.29, 0.717) is 5.25 Å². The van der Waals surface area contributed by atoms with Crippen molar-refractivity contribution in [3.8, 4) is 0 Å². The van der Waals surface area contributed by atoms with Gasteiger partial charge < -0.3 is 10.1 Å². The predicted molar refractivity (Wildman–Crippen MR) is 144 cm³/mol. The summed E-state index contributed by atoms with van der Waals surface area (Å²) in [4.78, 5) is 13.1. The first-order valence-electron chi connectivity index (χ1n) is 13.0. The van der Waals surface area contributed by atoms with Crippen LogP contribution in [0.2, 0.25) is 0 Å². The van der Waals surface area contributed by atoms with Crippen molar-refractivity contribution in [1.29, 1.82) is 0 Å². The molecule has 0 aliphatic heterocycles. The van der Waals surface area contributed by atoms with Gasteiger partial charge in [-0.15, -0.1) is 0 Å². The van der Waals surface area contributed by atoms with E-state index in [2.05, 4.69) is 52.5 Å². The molecule has 1 saturated carbocycles. The Balaban J connectivity index is 1.64. The molecule has 2 atom stereocenters. The molecule has 1 fully saturated rings. The van der Waals surface area contributed by atoms with Crippen molar-refractivity contribution in [1.82, 2.24) is 10.0 Å². The SMILES string of the molecule is CNC[C@H](CC1CCCCC1)SNC(=O)c1cccc(C(CCCCOC)c2ccccc2)c1. The lowest BCUT2D eigenvalue weighted by Crippen LogP contribution is -2.29. The van der Waals surface area contributed by atoms with Crippen molar-refractivity contribution in [2.75, 3.05) is 27.3 Å². The monoisotopic (exact) mass is 482 g/mol. The zero-order valence-corrected chi connectivity index (χ0v) is 21.7. The van der Waals surface area contributed by atoms with Crippen LogP contribution >= 0.6 is 11.9 Å². The van der Waals surface area contributed by atoms with Crippen LogP contribution < -0.4 is 10.0 Å². The summed E-state index contributed by atoms with van der Waals surface area (Å²) in [7, 11) is 3.75. The average Bonchev–Trinajstić information content (AvgIpc) is 2.88. The largest absolute Gasteiger partial charge is 0.385 e. The third-order valence-electron chi connectivity index (χ3n) is 6.92. The smallest absolute Gasteiger partial charge is 0.261 e. The second-order valence-electron chi connectivity index (χ2n) is 9.55. The molecule has 0 saturated heterocycles. The quantitative estimate of drug-likeness (QED) is 0.236. The van der Waals surface area contributed by atoms with E-state index in [0.717, 1.165) is 43.9 Å². The Bertz CT molecular complexity index is 839. The van der Waals surface area contributed by atoms with Crippen LogP contribution in [0, 0.1) is 5.92 Å². The van der Waals surface area contributed by atoms with Gasteiger partial charge in [-0.1, -0.05) is 81.0 Å². The lowest BCUT2D eigenvalue weighted by atomic mass is 9.86. The minimum atomic E-state index is 0.00259. The molecule has 1 amide bonds. The maximum atomic E-state index is 13.1. The van der Waals surface area contributed by atoms with E-state index in [9.17, 15) is 4.79 Å². The molecule has 2 aromatic rings. The fourth-order valence-corrected chi connectivity index (χ4v) is 6.10. The molecule has 0 spiro atoms. The third kappa shape index (κ3) is 8.75. The van der Waals surface area contributed by atoms with Crippen molar-refractivity contribution in [2.24, 2.45) is 5.92 Å². The van der Waals surface area contributed by atoms with Crippen LogP contribution in [0.4, 0.5) is 0 Å². The molecule has 1 aliphatic rings. The van der Waals surface area contributed by atoms with Gasteiger partial charge in [-0.3, -0.25) is 9.52 Å². The van der Waals surface area contributed by atoms with E-state index < -0.39 is 0 Å². The number of hydrogen-bond donors (Lipinski definition) is 2. The molecular weight excluding hydrogens is 440 g/mol. The van der Waals surface area contributed by atoms with Gasteiger partial charge in [-0.2, -0.15) is 0 Å². The Hall–Kier alpha value is -1.82. The number of amides is 1. The first kappa shape index (κ1) is 26.8. The standard InChI is InChI=1S/C29H42N2O2S/c1-30-22-27(20-23-12-5-3-6-13-23)34-31-29(32)26-17-11-16-25(21-26)28(18-9-10-19-33-2)24-14-7-4-8-15-24/h4,7-8,11,14-17,21,23,27-28,30H,3,5-6,9-10,12-13,18-20,22H2,1-2H3,(H,31,32)/t27-,28?/m0/s1. The summed E-state index contributed by atoms with van der Waals surface area (Å²) in [6.45, 7) is 1.70. The summed E-state index contributed by atoms with van der Waals surface area (Å²) in [5.74, 6) is 1.08.